The second kappa shape index (κ2) is 14.8. The third-order valence-electron chi connectivity index (χ3n) is 7.90. The monoisotopic (exact) mass is 641 g/mol. The number of anilines is 1. The van der Waals surface area contributed by atoms with Crippen LogP contribution in [-0.2, 0) is 26.2 Å². The molecule has 0 spiro atoms. The first kappa shape index (κ1) is 33.1. The molecular formula is C33H40ClN3O6S. The van der Waals surface area contributed by atoms with Gasteiger partial charge in [-0.15, -0.1) is 0 Å². The highest BCUT2D eigenvalue weighted by molar-refractivity contribution is 7.92. The van der Waals surface area contributed by atoms with E-state index in [-0.39, 0.29) is 34.8 Å². The van der Waals surface area contributed by atoms with Crippen LogP contribution < -0.4 is 19.1 Å². The molecule has 4 rings (SSSR count). The van der Waals surface area contributed by atoms with Gasteiger partial charge in [0, 0.05) is 23.7 Å². The molecule has 1 N–H and O–H groups in total. The van der Waals surface area contributed by atoms with Gasteiger partial charge in [0.05, 0.1) is 24.8 Å². The van der Waals surface area contributed by atoms with Crippen LogP contribution in [0, 0.1) is 6.92 Å². The van der Waals surface area contributed by atoms with Crippen molar-refractivity contribution in [2.24, 2.45) is 0 Å². The molecule has 1 aliphatic rings. The number of aryl methyl sites for hydroxylation is 1. The number of methoxy groups -OCH3 is 2. The smallest absolute Gasteiger partial charge is 0.264 e. The molecule has 236 valence electrons. The molecule has 0 bridgehead atoms. The lowest BCUT2D eigenvalue weighted by Crippen LogP contribution is -2.53. The summed E-state index contributed by atoms with van der Waals surface area (Å²) < 4.78 is 40.4. The molecule has 44 heavy (non-hydrogen) atoms. The van der Waals surface area contributed by atoms with Crippen LogP contribution in [-0.4, -0.2) is 58.0 Å². The molecule has 0 unspecified atom stereocenters. The van der Waals surface area contributed by atoms with Gasteiger partial charge < -0.3 is 19.7 Å². The first-order chi connectivity index (χ1) is 21.1. The molecule has 3 aromatic rings. The number of hydrogen-bond acceptors (Lipinski definition) is 6. The summed E-state index contributed by atoms with van der Waals surface area (Å²) in [6.45, 7) is 3.20. The molecule has 9 nitrogen and oxygen atoms in total. The van der Waals surface area contributed by atoms with Crippen LogP contribution in [0.3, 0.4) is 0 Å². The van der Waals surface area contributed by atoms with Crippen molar-refractivity contribution in [3.05, 3.63) is 82.9 Å². The van der Waals surface area contributed by atoms with Crippen molar-refractivity contribution in [2.45, 2.75) is 69.5 Å². The van der Waals surface area contributed by atoms with Gasteiger partial charge in [0.25, 0.3) is 10.0 Å². The molecule has 1 aliphatic carbocycles. The van der Waals surface area contributed by atoms with E-state index in [1.165, 1.54) is 37.3 Å². The van der Waals surface area contributed by atoms with Crippen molar-refractivity contribution in [2.75, 3.05) is 25.1 Å². The number of hydrogen-bond donors (Lipinski definition) is 1. The number of benzene rings is 3. The Morgan fingerprint density at radius 3 is 2.23 bits per heavy atom. The zero-order valence-corrected chi connectivity index (χ0v) is 27.2. The summed E-state index contributed by atoms with van der Waals surface area (Å²) >= 11 is 6.11. The van der Waals surface area contributed by atoms with Crippen molar-refractivity contribution < 1.29 is 27.5 Å². The van der Waals surface area contributed by atoms with E-state index in [0.29, 0.717) is 17.2 Å². The van der Waals surface area contributed by atoms with Crippen molar-refractivity contribution in [1.29, 1.82) is 0 Å². The highest BCUT2D eigenvalue weighted by Crippen LogP contribution is 2.36. The van der Waals surface area contributed by atoms with Gasteiger partial charge in [0.2, 0.25) is 11.8 Å². The standard InChI is InChI=1S/C33H40ClN3O6S/c1-5-29(33(39)35-26-8-6-7-9-26)36(21-24-12-14-25(34)15-13-24)32(38)22-37(30-20-27(42-3)16-19-31(30)43-4)44(40,41)28-17-10-23(2)11-18-28/h10-20,26,29H,5-9,21-22H2,1-4H3,(H,35,39)/t29-/m1/s1. The Morgan fingerprint density at radius 1 is 0.977 bits per heavy atom. The van der Waals surface area contributed by atoms with E-state index in [1.807, 2.05) is 13.8 Å². The zero-order valence-electron chi connectivity index (χ0n) is 25.6. The van der Waals surface area contributed by atoms with E-state index in [4.69, 9.17) is 21.1 Å². The minimum Gasteiger partial charge on any atom is -0.497 e. The van der Waals surface area contributed by atoms with E-state index in [2.05, 4.69) is 5.32 Å². The van der Waals surface area contributed by atoms with Gasteiger partial charge in [0.1, 0.15) is 24.1 Å². The average Bonchev–Trinajstić information content (AvgIpc) is 3.53. The number of rotatable bonds is 13. The number of nitrogens with one attached hydrogen (secondary N) is 1. The lowest BCUT2D eigenvalue weighted by atomic mass is 10.1. The lowest BCUT2D eigenvalue weighted by molar-refractivity contribution is -0.140. The van der Waals surface area contributed by atoms with E-state index in [0.717, 1.165) is 41.1 Å². The first-order valence-electron chi connectivity index (χ1n) is 14.7. The molecule has 1 atom stereocenters. The highest BCUT2D eigenvalue weighted by atomic mass is 35.5. The summed E-state index contributed by atoms with van der Waals surface area (Å²) in [6.07, 6.45) is 4.22. The van der Waals surface area contributed by atoms with Gasteiger partial charge in [-0.2, -0.15) is 0 Å². The molecule has 1 saturated carbocycles. The maximum atomic E-state index is 14.4. The third kappa shape index (κ3) is 7.84. The van der Waals surface area contributed by atoms with Gasteiger partial charge >= 0.3 is 0 Å². The van der Waals surface area contributed by atoms with Gasteiger partial charge in [-0.25, -0.2) is 8.42 Å². The van der Waals surface area contributed by atoms with E-state index in [1.54, 1.807) is 48.5 Å². The summed E-state index contributed by atoms with van der Waals surface area (Å²) in [5, 5.41) is 3.66. The number of carbonyl (C=O) groups is 2. The van der Waals surface area contributed by atoms with E-state index in [9.17, 15) is 18.0 Å². The van der Waals surface area contributed by atoms with Crippen LogP contribution in [0.1, 0.15) is 50.2 Å². The van der Waals surface area contributed by atoms with Crippen LogP contribution in [0.4, 0.5) is 5.69 Å². The summed E-state index contributed by atoms with van der Waals surface area (Å²) in [7, 11) is -1.38. The summed E-state index contributed by atoms with van der Waals surface area (Å²) in [5.74, 6) is -0.176. The maximum Gasteiger partial charge on any atom is 0.264 e. The fourth-order valence-electron chi connectivity index (χ4n) is 5.42. The summed E-state index contributed by atoms with van der Waals surface area (Å²) in [4.78, 5) is 29.5. The van der Waals surface area contributed by atoms with Gasteiger partial charge in [-0.05, 0) is 68.1 Å². The number of ether oxygens (including phenoxy) is 2. The lowest BCUT2D eigenvalue weighted by Gasteiger charge is -2.34. The fourth-order valence-corrected chi connectivity index (χ4v) is 6.96. The molecule has 11 heteroatoms. The average molecular weight is 642 g/mol. The second-order valence-corrected chi connectivity index (χ2v) is 13.2. The zero-order chi connectivity index (χ0) is 31.9. The van der Waals surface area contributed by atoms with Crippen LogP contribution >= 0.6 is 11.6 Å². The normalized spacial score (nSPS) is 14.1. The number of carbonyl (C=O) groups excluding carboxylic acids is 2. The van der Waals surface area contributed by atoms with Crippen LogP contribution in [0.25, 0.3) is 0 Å². The molecule has 0 aromatic heterocycles. The largest absolute Gasteiger partial charge is 0.497 e. The number of amides is 2. The van der Waals surface area contributed by atoms with Crippen LogP contribution in [0.2, 0.25) is 5.02 Å². The Balaban J connectivity index is 1.78. The molecule has 0 radical (unpaired) electrons. The van der Waals surface area contributed by atoms with Crippen LogP contribution in [0.5, 0.6) is 11.5 Å². The van der Waals surface area contributed by atoms with E-state index < -0.39 is 28.5 Å². The topological polar surface area (TPSA) is 105 Å². The Morgan fingerprint density at radius 2 is 1.64 bits per heavy atom. The quantitative estimate of drug-likeness (QED) is 0.256. The Kier molecular flexibility index (Phi) is 11.2. The predicted octanol–water partition coefficient (Wildman–Crippen LogP) is 5.73. The van der Waals surface area contributed by atoms with Gasteiger partial charge in [0.15, 0.2) is 0 Å². The molecule has 0 aliphatic heterocycles. The number of nitrogens with zero attached hydrogens (tertiary/aromatic N) is 2. The van der Waals surface area contributed by atoms with Crippen molar-refractivity contribution >= 4 is 39.1 Å². The predicted molar refractivity (Wildman–Crippen MR) is 172 cm³/mol. The van der Waals surface area contributed by atoms with Crippen molar-refractivity contribution in [3.63, 3.8) is 0 Å². The van der Waals surface area contributed by atoms with Gasteiger partial charge in [-0.1, -0.05) is 61.2 Å². The van der Waals surface area contributed by atoms with Crippen molar-refractivity contribution in [1.82, 2.24) is 10.2 Å². The third-order valence-corrected chi connectivity index (χ3v) is 9.92. The Hall–Kier alpha value is -3.76. The fraction of sp³-hybridized carbons (Fsp3) is 0.394. The Labute approximate surface area is 265 Å². The Bertz CT molecular complexity index is 1540. The van der Waals surface area contributed by atoms with Gasteiger partial charge in [-0.3, -0.25) is 13.9 Å². The SMILES string of the molecule is CC[C@H](C(=O)NC1CCCC1)N(Cc1ccc(Cl)cc1)C(=O)CN(c1cc(OC)ccc1OC)S(=O)(=O)c1ccc(C)cc1. The van der Waals surface area contributed by atoms with Crippen LogP contribution in [0.15, 0.2) is 71.6 Å². The summed E-state index contributed by atoms with van der Waals surface area (Å²) in [5.41, 5.74) is 1.77. The van der Waals surface area contributed by atoms with E-state index >= 15 is 0 Å². The minimum atomic E-state index is -4.27. The number of halogens is 1. The molecule has 3 aromatic carbocycles. The van der Waals surface area contributed by atoms with Crippen molar-refractivity contribution in [3.8, 4) is 11.5 Å². The molecule has 0 heterocycles. The molecule has 0 saturated heterocycles. The minimum absolute atomic E-state index is 0.0102. The molecule has 1 fully saturated rings. The molecular weight excluding hydrogens is 602 g/mol. The maximum absolute atomic E-state index is 14.4. The second-order valence-electron chi connectivity index (χ2n) is 10.9. The highest BCUT2D eigenvalue weighted by Gasteiger charge is 2.35. The first-order valence-corrected chi connectivity index (χ1v) is 16.5. The summed E-state index contributed by atoms with van der Waals surface area (Å²) in [6, 6.07) is 17.4. The number of sulfonamides is 1. The molecule has 2 amide bonds.